The standard InChI is InChI=1S/C23H22N4OS2/c1-28-19-9-7-18(8-10-19)21-20(15-24)22(27-11-13-29-14-12-27)26-23(25-21)30-16-17-5-3-2-4-6-17/h2-10H,11-14,16H2,1H3. The molecule has 3 aromatic rings. The fourth-order valence-corrected chi connectivity index (χ4v) is 4.98. The Kier molecular flexibility index (Phi) is 6.77. The molecule has 0 amide bonds. The lowest BCUT2D eigenvalue weighted by atomic mass is 10.1. The largest absolute Gasteiger partial charge is 0.497 e. The Morgan fingerprint density at radius 2 is 1.80 bits per heavy atom. The van der Waals surface area contributed by atoms with Gasteiger partial charge in [-0.1, -0.05) is 42.1 Å². The average molecular weight is 435 g/mol. The van der Waals surface area contributed by atoms with Crippen molar-refractivity contribution in [3.8, 4) is 23.1 Å². The highest BCUT2D eigenvalue weighted by molar-refractivity contribution is 7.99. The van der Waals surface area contributed by atoms with Crippen molar-refractivity contribution in [3.05, 3.63) is 65.7 Å². The first-order valence-corrected chi connectivity index (χ1v) is 11.9. The first-order valence-electron chi connectivity index (χ1n) is 9.74. The van der Waals surface area contributed by atoms with E-state index in [1.54, 1.807) is 18.9 Å². The summed E-state index contributed by atoms with van der Waals surface area (Å²) in [6.07, 6.45) is 0. The molecule has 1 fully saturated rings. The van der Waals surface area contributed by atoms with Gasteiger partial charge in [-0.15, -0.1) is 0 Å². The summed E-state index contributed by atoms with van der Waals surface area (Å²) in [5, 5.41) is 10.7. The van der Waals surface area contributed by atoms with Crippen LogP contribution < -0.4 is 9.64 Å². The average Bonchev–Trinajstić information content (AvgIpc) is 2.83. The SMILES string of the molecule is COc1ccc(-c2nc(SCc3ccccc3)nc(N3CCSCC3)c2C#N)cc1. The lowest BCUT2D eigenvalue weighted by molar-refractivity contribution is 0.415. The van der Waals surface area contributed by atoms with E-state index in [4.69, 9.17) is 14.7 Å². The smallest absolute Gasteiger partial charge is 0.190 e. The van der Waals surface area contributed by atoms with Gasteiger partial charge in [-0.2, -0.15) is 17.0 Å². The molecule has 7 heteroatoms. The second-order valence-corrected chi connectivity index (χ2v) is 8.93. The Morgan fingerprint density at radius 3 is 2.47 bits per heavy atom. The van der Waals surface area contributed by atoms with Gasteiger partial charge < -0.3 is 9.64 Å². The molecule has 2 aromatic carbocycles. The third-order valence-electron chi connectivity index (χ3n) is 4.87. The van der Waals surface area contributed by atoms with Gasteiger partial charge in [0.15, 0.2) is 11.0 Å². The molecule has 0 spiro atoms. The van der Waals surface area contributed by atoms with Crippen LogP contribution in [0.1, 0.15) is 11.1 Å². The fraction of sp³-hybridized carbons (Fsp3) is 0.261. The van der Waals surface area contributed by atoms with Gasteiger partial charge in [-0.25, -0.2) is 9.97 Å². The summed E-state index contributed by atoms with van der Waals surface area (Å²) in [4.78, 5) is 11.8. The number of methoxy groups -OCH3 is 1. The van der Waals surface area contributed by atoms with E-state index in [9.17, 15) is 5.26 Å². The summed E-state index contributed by atoms with van der Waals surface area (Å²) in [5.74, 6) is 4.38. The summed E-state index contributed by atoms with van der Waals surface area (Å²) in [7, 11) is 1.64. The minimum atomic E-state index is 0.538. The third kappa shape index (κ3) is 4.72. The van der Waals surface area contributed by atoms with Gasteiger partial charge >= 0.3 is 0 Å². The van der Waals surface area contributed by atoms with Crippen molar-refractivity contribution in [3.63, 3.8) is 0 Å². The van der Waals surface area contributed by atoms with Crippen LogP contribution >= 0.6 is 23.5 Å². The highest BCUT2D eigenvalue weighted by atomic mass is 32.2. The predicted octanol–water partition coefficient (Wildman–Crippen LogP) is 4.87. The molecule has 0 atom stereocenters. The number of aromatic nitrogens is 2. The quantitative estimate of drug-likeness (QED) is 0.405. The lowest BCUT2D eigenvalue weighted by Crippen LogP contribution is -2.34. The summed E-state index contributed by atoms with van der Waals surface area (Å²) in [6.45, 7) is 1.78. The van der Waals surface area contributed by atoms with E-state index < -0.39 is 0 Å². The van der Waals surface area contributed by atoms with Crippen LogP contribution in [0.15, 0.2) is 59.8 Å². The second kappa shape index (κ2) is 9.88. The lowest BCUT2D eigenvalue weighted by Gasteiger charge is -2.28. The Balaban J connectivity index is 1.74. The molecule has 0 saturated carbocycles. The predicted molar refractivity (Wildman–Crippen MR) is 124 cm³/mol. The molecule has 1 aliphatic heterocycles. The molecule has 1 aromatic heterocycles. The van der Waals surface area contributed by atoms with Crippen LogP contribution in [-0.4, -0.2) is 41.7 Å². The number of anilines is 1. The van der Waals surface area contributed by atoms with E-state index in [2.05, 4.69) is 23.1 Å². The first kappa shape index (κ1) is 20.6. The molecule has 1 saturated heterocycles. The Hall–Kier alpha value is -2.69. The van der Waals surface area contributed by atoms with Crippen LogP contribution in [0.3, 0.4) is 0 Å². The zero-order valence-corrected chi connectivity index (χ0v) is 18.4. The molecule has 5 nitrogen and oxygen atoms in total. The highest BCUT2D eigenvalue weighted by Gasteiger charge is 2.22. The molecular formula is C23H22N4OS2. The van der Waals surface area contributed by atoms with E-state index >= 15 is 0 Å². The fourth-order valence-electron chi connectivity index (χ4n) is 3.28. The highest BCUT2D eigenvalue weighted by Crippen LogP contribution is 2.33. The normalized spacial score (nSPS) is 13.7. The minimum absolute atomic E-state index is 0.538. The van der Waals surface area contributed by atoms with Crippen molar-refractivity contribution >= 4 is 29.3 Å². The monoisotopic (exact) mass is 434 g/mol. The Labute approximate surface area is 185 Å². The van der Waals surface area contributed by atoms with Crippen molar-refractivity contribution < 1.29 is 4.74 Å². The Morgan fingerprint density at radius 1 is 1.07 bits per heavy atom. The number of rotatable bonds is 6. The molecule has 0 radical (unpaired) electrons. The van der Waals surface area contributed by atoms with Crippen LogP contribution in [0.5, 0.6) is 5.75 Å². The summed E-state index contributed by atoms with van der Waals surface area (Å²) < 4.78 is 5.28. The van der Waals surface area contributed by atoms with Gasteiger partial charge in [0.25, 0.3) is 0 Å². The summed E-state index contributed by atoms with van der Waals surface area (Å²) in [6, 6.07) is 20.4. The minimum Gasteiger partial charge on any atom is -0.497 e. The van der Waals surface area contributed by atoms with E-state index in [-0.39, 0.29) is 0 Å². The van der Waals surface area contributed by atoms with E-state index in [0.717, 1.165) is 47.5 Å². The topological polar surface area (TPSA) is 62.0 Å². The van der Waals surface area contributed by atoms with Gasteiger partial charge in [-0.05, 0) is 29.8 Å². The van der Waals surface area contributed by atoms with Crippen molar-refractivity contribution in [2.24, 2.45) is 0 Å². The molecule has 0 aliphatic carbocycles. The van der Waals surface area contributed by atoms with E-state index in [0.29, 0.717) is 16.4 Å². The van der Waals surface area contributed by atoms with E-state index in [1.807, 2.05) is 54.2 Å². The first-order chi connectivity index (χ1) is 14.8. The molecular weight excluding hydrogens is 412 g/mol. The van der Waals surface area contributed by atoms with Crippen molar-refractivity contribution in [2.75, 3.05) is 36.6 Å². The zero-order valence-electron chi connectivity index (χ0n) is 16.7. The number of nitrogens with zero attached hydrogens (tertiary/aromatic N) is 4. The third-order valence-corrected chi connectivity index (χ3v) is 6.73. The van der Waals surface area contributed by atoms with Gasteiger partial charge in [0, 0.05) is 35.9 Å². The molecule has 152 valence electrons. The van der Waals surface area contributed by atoms with Crippen molar-refractivity contribution in [2.45, 2.75) is 10.9 Å². The number of hydrogen-bond acceptors (Lipinski definition) is 7. The second-order valence-electron chi connectivity index (χ2n) is 6.77. The number of hydrogen-bond donors (Lipinski definition) is 0. The van der Waals surface area contributed by atoms with Crippen molar-refractivity contribution in [1.82, 2.24) is 9.97 Å². The van der Waals surface area contributed by atoms with Gasteiger partial charge in [0.2, 0.25) is 0 Å². The number of benzene rings is 2. The maximum Gasteiger partial charge on any atom is 0.190 e. The number of ether oxygens (including phenoxy) is 1. The van der Waals surface area contributed by atoms with Crippen molar-refractivity contribution in [1.29, 1.82) is 5.26 Å². The zero-order chi connectivity index (χ0) is 20.8. The molecule has 4 rings (SSSR count). The van der Waals surface area contributed by atoms with Gasteiger partial charge in [-0.3, -0.25) is 0 Å². The molecule has 1 aliphatic rings. The molecule has 2 heterocycles. The summed E-state index contributed by atoms with van der Waals surface area (Å²) in [5.41, 5.74) is 3.33. The molecule has 30 heavy (non-hydrogen) atoms. The van der Waals surface area contributed by atoms with Gasteiger partial charge in [0.1, 0.15) is 17.4 Å². The van der Waals surface area contributed by atoms with Crippen LogP contribution in [0.2, 0.25) is 0 Å². The van der Waals surface area contributed by atoms with E-state index in [1.165, 1.54) is 5.56 Å². The molecule has 0 N–H and O–H groups in total. The maximum atomic E-state index is 10.00. The summed E-state index contributed by atoms with van der Waals surface area (Å²) >= 11 is 3.54. The van der Waals surface area contributed by atoms with Crippen LogP contribution in [0.4, 0.5) is 5.82 Å². The number of thioether (sulfide) groups is 2. The number of nitriles is 1. The van der Waals surface area contributed by atoms with Crippen LogP contribution in [-0.2, 0) is 5.75 Å². The Bertz CT molecular complexity index is 1030. The maximum absolute atomic E-state index is 10.00. The molecule has 0 unspecified atom stereocenters. The van der Waals surface area contributed by atoms with Crippen LogP contribution in [0, 0.1) is 11.3 Å². The molecule has 0 bridgehead atoms. The van der Waals surface area contributed by atoms with Gasteiger partial charge in [0.05, 0.1) is 12.8 Å². The van der Waals surface area contributed by atoms with Crippen LogP contribution in [0.25, 0.3) is 11.3 Å².